The Morgan fingerprint density at radius 3 is 2.59 bits per heavy atom. The maximum absolute atomic E-state index is 12.1. The zero-order valence-electron chi connectivity index (χ0n) is 11.2. The predicted molar refractivity (Wildman–Crippen MR) is 83.4 cm³/mol. The van der Waals surface area contributed by atoms with Gasteiger partial charge in [-0.3, -0.25) is 4.79 Å². The summed E-state index contributed by atoms with van der Waals surface area (Å²) in [7, 11) is 0. The van der Waals surface area contributed by atoms with E-state index < -0.39 is 5.91 Å². The Hall–Kier alpha value is -2.97. The molecule has 0 aromatic heterocycles. The van der Waals surface area contributed by atoms with E-state index in [1.165, 1.54) is 24.3 Å². The highest BCUT2D eigenvalue weighted by atomic mass is 35.5. The lowest BCUT2D eigenvalue weighted by atomic mass is 10.1. The summed E-state index contributed by atoms with van der Waals surface area (Å²) in [6.45, 7) is 0. The van der Waals surface area contributed by atoms with Gasteiger partial charge in [0.2, 0.25) is 0 Å². The zero-order chi connectivity index (χ0) is 16.1. The van der Waals surface area contributed by atoms with Crippen LogP contribution in [0.15, 0.2) is 48.0 Å². The molecule has 0 radical (unpaired) electrons. The van der Waals surface area contributed by atoms with Gasteiger partial charge in [0.05, 0.1) is 0 Å². The number of halogens is 1. The van der Waals surface area contributed by atoms with Gasteiger partial charge in [-0.15, -0.1) is 0 Å². The number of phenols is 2. The van der Waals surface area contributed by atoms with E-state index in [2.05, 4.69) is 5.32 Å². The quantitative estimate of drug-likeness (QED) is 0.460. The van der Waals surface area contributed by atoms with Crippen molar-refractivity contribution < 1.29 is 15.0 Å². The number of carbonyl (C=O) groups is 1. The first kappa shape index (κ1) is 15.4. The smallest absolute Gasteiger partial charge is 0.266 e. The number of carbonyl (C=O) groups excluding carboxylic acids is 1. The first-order chi connectivity index (χ1) is 10.5. The van der Waals surface area contributed by atoms with Gasteiger partial charge >= 0.3 is 0 Å². The lowest BCUT2D eigenvalue weighted by Crippen LogP contribution is -2.13. The lowest BCUT2D eigenvalue weighted by Gasteiger charge is -2.05. The molecule has 0 atom stereocenters. The number of rotatable bonds is 3. The molecule has 0 bridgehead atoms. The molecule has 0 saturated carbocycles. The first-order valence-electron chi connectivity index (χ1n) is 6.20. The number of hydrogen-bond acceptors (Lipinski definition) is 4. The van der Waals surface area contributed by atoms with Crippen molar-refractivity contribution in [1.82, 2.24) is 0 Å². The second kappa shape index (κ2) is 6.66. The summed E-state index contributed by atoms with van der Waals surface area (Å²) < 4.78 is 0. The summed E-state index contributed by atoms with van der Waals surface area (Å²) in [6, 6.07) is 12.3. The van der Waals surface area contributed by atoms with Crippen LogP contribution < -0.4 is 5.32 Å². The van der Waals surface area contributed by atoms with Gasteiger partial charge in [0.25, 0.3) is 5.91 Å². The van der Waals surface area contributed by atoms with Crippen molar-refractivity contribution in [1.29, 1.82) is 5.26 Å². The third-order valence-electron chi connectivity index (χ3n) is 2.76. The molecule has 0 aliphatic heterocycles. The molecule has 0 spiro atoms. The number of nitriles is 1. The Balaban J connectivity index is 2.23. The minimum Gasteiger partial charge on any atom is -0.504 e. The topological polar surface area (TPSA) is 93.3 Å². The van der Waals surface area contributed by atoms with Crippen LogP contribution in [0.2, 0.25) is 5.02 Å². The van der Waals surface area contributed by atoms with Crippen LogP contribution in [0, 0.1) is 11.3 Å². The van der Waals surface area contributed by atoms with Crippen LogP contribution in [0.3, 0.4) is 0 Å². The summed E-state index contributed by atoms with van der Waals surface area (Å²) in [6.07, 6.45) is 1.30. The fourth-order valence-corrected chi connectivity index (χ4v) is 1.90. The molecule has 0 heterocycles. The molecule has 1 amide bonds. The van der Waals surface area contributed by atoms with Crippen molar-refractivity contribution in [3.8, 4) is 17.6 Å². The molecular weight excluding hydrogens is 304 g/mol. The van der Waals surface area contributed by atoms with Crippen LogP contribution in [0.25, 0.3) is 6.08 Å². The molecule has 22 heavy (non-hydrogen) atoms. The number of nitrogens with one attached hydrogen (secondary N) is 1. The first-order valence-corrected chi connectivity index (χ1v) is 6.58. The highest BCUT2D eigenvalue weighted by Gasteiger charge is 2.10. The van der Waals surface area contributed by atoms with Gasteiger partial charge in [0.15, 0.2) is 11.5 Å². The van der Waals surface area contributed by atoms with E-state index >= 15 is 0 Å². The van der Waals surface area contributed by atoms with Gasteiger partial charge in [0, 0.05) is 10.7 Å². The largest absolute Gasteiger partial charge is 0.504 e. The van der Waals surface area contributed by atoms with Crippen molar-refractivity contribution in [2.45, 2.75) is 0 Å². The molecule has 2 rings (SSSR count). The maximum atomic E-state index is 12.1. The molecule has 2 aromatic rings. The summed E-state index contributed by atoms with van der Waals surface area (Å²) in [5.41, 5.74) is 0.727. The van der Waals surface area contributed by atoms with Gasteiger partial charge in [-0.1, -0.05) is 23.7 Å². The number of nitrogens with zero attached hydrogens (tertiary/aromatic N) is 1. The fourth-order valence-electron chi connectivity index (χ4n) is 1.71. The molecule has 3 N–H and O–H groups in total. The van der Waals surface area contributed by atoms with Crippen molar-refractivity contribution in [3.05, 3.63) is 58.6 Å². The average Bonchev–Trinajstić information content (AvgIpc) is 2.48. The van der Waals surface area contributed by atoms with E-state index in [1.54, 1.807) is 30.3 Å². The van der Waals surface area contributed by atoms with Crippen molar-refractivity contribution in [2.75, 3.05) is 5.32 Å². The number of benzene rings is 2. The summed E-state index contributed by atoms with van der Waals surface area (Å²) in [5.74, 6) is -1.21. The number of hydrogen-bond donors (Lipinski definition) is 3. The van der Waals surface area contributed by atoms with E-state index in [4.69, 9.17) is 16.9 Å². The molecule has 2 aromatic carbocycles. The lowest BCUT2D eigenvalue weighted by molar-refractivity contribution is -0.112. The molecule has 0 unspecified atom stereocenters. The maximum Gasteiger partial charge on any atom is 0.266 e. The summed E-state index contributed by atoms with van der Waals surface area (Å²) in [5, 5.41) is 30.8. The Bertz CT molecular complexity index is 794. The Morgan fingerprint density at radius 1 is 1.18 bits per heavy atom. The second-order valence-electron chi connectivity index (χ2n) is 4.38. The number of anilines is 1. The highest BCUT2D eigenvalue weighted by Crippen LogP contribution is 2.26. The van der Waals surface area contributed by atoms with Crippen molar-refractivity contribution in [2.24, 2.45) is 0 Å². The summed E-state index contributed by atoms with van der Waals surface area (Å²) >= 11 is 5.82. The third-order valence-corrected chi connectivity index (χ3v) is 2.99. The van der Waals surface area contributed by atoms with Crippen LogP contribution in [0.5, 0.6) is 11.5 Å². The standard InChI is InChI=1S/C16H11ClN2O3/c17-12-2-1-3-13(8-12)19-16(22)11(9-18)6-10-4-5-14(20)15(21)7-10/h1-8,20-21H,(H,19,22)/b11-6+. The molecule has 0 saturated heterocycles. The third kappa shape index (κ3) is 3.78. The molecule has 0 fully saturated rings. The van der Waals surface area contributed by atoms with Gasteiger partial charge in [-0.05, 0) is 42.0 Å². The van der Waals surface area contributed by atoms with E-state index in [9.17, 15) is 15.0 Å². The minimum absolute atomic E-state index is 0.148. The van der Waals surface area contributed by atoms with E-state index in [0.717, 1.165) is 0 Å². The zero-order valence-corrected chi connectivity index (χ0v) is 12.0. The van der Waals surface area contributed by atoms with Crippen LogP contribution >= 0.6 is 11.6 Å². The Kier molecular flexibility index (Phi) is 4.66. The molecule has 6 heteroatoms. The van der Waals surface area contributed by atoms with E-state index in [-0.39, 0.29) is 17.1 Å². The summed E-state index contributed by atoms with van der Waals surface area (Å²) in [4.78, 5) is 12.1. The molecule has 0 aliphatic carbocycles. The normalized spacial score (nSPS) is 10.8. The van der Waals surface area contributed by atoms with E-state index in [1.807, 2.05) is 0 Å². The molecule has 0 aliphatic rings. The van der Waals surface area contributed by atoms with Gasteiger partial charge in [-0.2, -0.15) is 5.26 Å². The van der Waals surface area contributed by atoms with Crippen LogP contribution in [-0.2, 0) is 4.79 Å². The molecular formula is C16H11ClN2O3. The van der Waals surface area contributed by atoms with Crippen molar-refractivity contribution in [3.63, 3.8) is 0 Å². The monoisotopic (exact) mass is 314 g/mol. The van der Waals surface area contributed by atoms with E-state index in [0.29, 0.717) is 16.3 Å². The van der Waals surface area contributed by atoms with Crippen molar-refractivity contribution >= 4 is 29.3 Å². The SMILES string of the molecule is N#C/C(=C\c1ccc(O)c(O)c1)C(=O)Nc1cccc(Cl)c1. The second-order valence-corrected chi connectivity index (χ2v) is 4.82. The number of amides is 1. The highest BCUT2D eigenvalue weighted by molar-refractivity contribution is 6.31. The fraction of sp³-hybridized carbons (Fsp3) is 0. The molecule has 110 valence electrons. The predicted octanol–water partition coefficient (Wildman–Crippen LogP) is 3.30. The van der Waals surface area contributed by atoms with Crippen LogP contribution in [0.4, 0.5) is 5.69 Å². The Morgan fingerprint density at radius 2 is 1.95 bits per heavy atom. The van der Waals surface area contributed by atoms with Gasteiger partial charge in [-0.25, -0.2) is 0 Å². The number of aromatic hydroxyl groups is 2. The van der Waals surface area contributed by atoms with Gasteiger partial charge in [0.1, 0.15) is 11.6 Å². The van der Waals surface area contributed by atoms with Crippen LogP contribution in [0.1, 0.15) is 5.56 Å². The molecule has 5 nitrogen and oxygen atoms in total. The van der Waals surface area contributed by atoms with Gasteiger partial charge < -0.3 is 15.5 Å². The number of phenolic OH excluding ortho intramolecular Hbond substituents is 2. The van der Waals surface area contributed by atoms with Crippen LogP contribution in [-0.4, -0.2) is 16.1 Å². The minimum atomic E-state index is -0.600. The Labute approximate surface area is 131 Å². The average molecular weight is 315 g/mol.